The first-order valence-electron chi connectivity index (χ1n) is 17.1. The van der Waals surface area contributed by atoms with Crippen LogP contribution in [-0.4, -0.2) is 94.7 Å². The van der Waals surface area contributed by atoms with Crippen molar-refractivity contribution in [3.8, 4) is 0 Å². The number of nitrogens with one attached hydrogen (secondary N) is 4. The molecule has 1 aliphatic carbocycles. The maximum atomic E-state index is 13.0. The fourth-order valence-electron chi connectivity index (χ4n) is 6.43. The standard InChI is InChI=1S/C34H58N4O11/c1-21(2)49-16-15-35-31(46)24(12-14-28(41)42)37-26(39)13-11-25(32(47)48)38-30(45)23-9-7-22(8-10-23)19-36-27(40)17-33(3,4)20-34(5,6)18-29(43)44/h21-25H,7-20H2,1-6H3,(H,35,46)(H,36,40)(H,37,39)(H,38,45)(H,41,42)(H,43,44)(H,47,48)/t22?,23?,24-,25-/m0/s1. The molecule has 15 nitrogen and oxygen atoms in total. The van der Waals surface area contributed by atoms with E-state index in [0.717, 1.165) is 0 Å². The molecule has 0 spiro atoms. The lowest BCUT2D eigenvalue weighted by Crippen LogP contribution is -2.48. The maximum Gasteiger partial charge on any atom is 0.326 e. The lowest BCUT2D eigenvalue weighted by Gasteiger charge is -2.34. The molecule has 0 aromatic heterocycles. The van der Waals surface area contributed by atoms with E-state index in [1.54, 1.807) is 0 Å². The lowest BCUT2D eigenvalue weighted by molar-refractivity contribution is -0.143. The van der Waals surface area contributed by atoms with Gasteiger partial charge in [0, 0.05) is 38.3 Å². The Morgan fingerprint density at radius 1 is 0.735 bits per heavy atom. The van der Waals surface area contributed by atoms with Crippen molar-refractivity contribution in [3.05, 3.63) is 0 Å². The summed E-state index contributed by atoms with van der Waals surface area (Å²) in [5.41, 5.74) is -0.840. The number of carbonyl (C=O) groups is 7. The zero-order valence-corrected chi connectivity index (χ0v) is 29.9. The molecule has 1 aliphatic rings. The zero-order valence-electron chi connectivity index (χ0n) is 29.9. The van der Waals surface area contributed by atoms with E-state index >= 15 is 0 Å². The van der Waals surface area contributed by atoms with Crippen molar-refractivity contribution < 1.29 is 53.6 Å². The fraction of sp³-hybridized carbons (Fsp3) is 0.794. The van der Waals surface area contributed by atoms with Crippen LogP contribution < -0.4 is 21.3 Å². The highest BCUT2D eigenvalue weighted by Gasteiger charge is 2.33. The Bertz CT molecular complexity index is 1150. The Balaban J connectivity index is 2.55. The molecule has 280 valence electrons. The van der Waals surface area contributed by atoms with Gasteiger partial charge in [0.2, 0.25) is 23.6 Å². The van der Waals surface area contributed by atoms with Gasteiger partial charge in [0.05, 0.1) is 19.1 Å². The van der Waals surface area contributed by atoms with Gasteiger partial charge >= 0.3 is 17.9 Å². The molecule has 49 heavy (non-hydrogen) atoms. The first kappa shape index (κ1) is 43.3. The molecule has 1 rings (SSSR count). The minimum atomic E-state index is -1.33. The molecule has 0 saturated heterocycles. The summed E-state index contributed by atoms with van der Waals surface area (Å²) in [6.07, 6.45) is 2.08. The molecule has 1 fully saturated rings. The summed E-state index contributed by atoms with van der Waals surface area (Å²) >= 11 is 0. The van der Waals surface area contributed by atoms with Gasteiger partial charge in [0.1, 0.15) is 12.1 Å². The summed E-state index contributed by atoms with van der Waals surface area (Å²) < 4.78 is 5.36. The van der Waals surface area contributed by atoms with Crippen LogP contribution >= 0.6 is 0 Å². The molecule has 2 atom stereocenters. The minimum absolute atomic E-state index is 0.0176. The van der Waals surface area contributed by atoms with E-state index in [1.165, 1.54) is 0 Å². The second-order valence-corrected chi connectivity index (χ2v) is 15.0. The molecule has 0 aromatic rings. The van der Waals surface area contributed by atoms with Crippen molar-refractivity contribution in [1.82, 2.24) is 21.3 Å². The predicted octanol–water partition coefficient (Wildman–Crippen LogP) is 2.46. The summed E-state index contributed by atoms with van der Waals surface area (Å²) in [5, 5.41) is 38.4. The second kappa shape index (κ2) is 20.7. The first-order valence-corrected chi connectivity index (χ1v) is 17.1. The minimum Gasteiger partial charge on any atom is -0.481 e. The summed E-state index contributed by atoms with van der Waals surface area (Å²) in [6.45, 7) is 12.2. The van der Waals surface area contributed by atoms with Crippen LogP contribution in [0, 0.1) is 22.7 Å². The normalized spacial score (nSPS) is 17.8. The molecule has 15 heteroatoms. The third kappa shape index (κ3) is 19.1. The van der Waals surface area contributed by atoms with Crippen molar-refractivity contribution in [3.63, 3.8) is 0 Å². The Labute approximate surface area is 289 Å². The van der Waals surface area contributed by atoms with Gasteiger partial charge in [-0.3, -0.25) is 28.8 Å². The van der Waals surface area contributed by atoms with Crippen LogP contribution in [0.5, 0.6) is 0 Å². The van der Waals surface area contributed by atoms with Crippen LogP contribution in [0.25, 0.3) is 0 Å². The molecule has 0 aliphatic heterocycles. The quantitative estimate of drug-likeness (QED) is 0.0765. The largest absolute Gasteiger partial charge is 0.481 e. The maximum absolute atomic E-state index is 13.0. The highest BCUT2D eigenvalue weighted by Crippen LogP contribution is 2.38. The monoisotopic (exact) mass is 698 g/mol. The topological polar surface area (TPSA) is 238 Å². The average Bonchev–Trinajstić information content (AvgIpc) is 2.96. The van der Waals surface area contributed by atoms with Crippen molar-refractivity contribution in [1.29, 1.82) is 0 Å². The predicted molar refractivity (Wildman–Crippen MR) is 179 cm³/mol. The Morgan fingerprint density at radius 3 is 1.88 bits per heavy atom. The van der Waals surface area contributed by atoms with Crippen LogP contribution in [-0.2, 0) is 38.3 Å². The SMILES string of the molecule is CC(C)OCCNC(=O)[C@H](CCC(=O)O)NC(=O)CC[C@H](NC(=O)C1CCC(CNC(=O)CC(C)(C)CC(C)(C)CC(=O)O)CC1)C(=O)O. The molecule has 1 saturated carbocycles. The molecule has 0 heterocycles. The van der Waals surface area contributed by atoms with Crippen LogP contribution in [0.2, 0.25) is 0 Å². The van der Waals surface area contributed by atoms with Crippen molar-refractivity contribution in [2.24, 2.45) is 22.7 Å². The number of carboxylic acid groups (broad SMARTS) is 3. The summed E-state index contributed by atoms with van der Waals surface area (Å²) in [4.78, 5) is 85.0. The highest BCUT2D eigenvalue weighted by atomic mass is 16.5. The van der Waals surface area contributed by atoms with Gasteiger partial charge in [-0.1, -0.05) is 27.7 Å². The fourth-order valence-corrected chi connectivity index (χ4v) is 6.43. The highest BCUT2D eigenvalue weighted by molar-refractivity contribution is 5.89. The smallest absolute Gasteiger partial charge is 0.326 e. The molecular formula is C34H58N4O11. The van der Waals surface area contributed by atoms with Gasteiger partial charge in [-0.25, -0.2) is 4.79 Å². The molecule has 7 N–H and O–H groups in total. The number of carbonyl (C=O) groups excluding carboxylic acids is 4. The number of carboxylic acids is 3. The van der Waals surface area contributed by atoms with Crippen molar-refractivity contribution in [2.45, 2.75) is 130 Å². The Morgan fingerprint density at radius 2 is 1.33 bits per heavy atom. The summed E-state index contributed by atoms with van der Waals surface area (Å²) in [7, 11) is 0. The van der Waals surface area contributed by atoms with E-state index in [0.29, 0.717) is 38.6 Å². The van der Waals surface area contributed by atoms with E-state index in [2.05, 4.69) is 21.3 Å². The van der Waals surface area contributed by atoms with Gasteiger partial charge < -0.3 is 41.3 Å². The molecule has 4 amide bonds. The van der Waals surface area contributed by atoms with E-state index < -0.39 is 59.0 Å². The van der Waals surface area contributed by atoms with Gasteiger partial charge in [0.15, 0.2) is 0 Å². The summed E-state index contributed by atoms with van der Waals surface area (Å²) in [5.74, 6) is -5.36. The zero-order chi connectivity index (χ0) is 37.4. The van der Waals surface area contributed by atoms with Crippen LogP contribution in [0.4, 0.5) is 0 Å². The number of amides is 4. The van der Waals surface area contributed by atoms with E-state index in [4.69, 9.17) is 14.9 Å². The molecule has 0 aromatic carbocycles. The van der Waals surface area contributed by atoms with Crippen molar-refractivity contribution in [2.75, 3.05) is 19.7 Å². The van der Waals surface area contributed by atoms with Gasteiger partial charge in [-0.15, -0.1) is 0 Å². The third-order valence-corrected chi connectivity index (χ3v) is 8.46. The number of hydrogen-bond donors (Lipinski definition) is 7. The Hall–Kier alpha value is -3.75. The number of rotatable bonds is 23. The first-order chi connectivity index (χ1) is 22.7. The van der Waals surface area contributed by atoms with Gasteiger partial charge in [0.25, 0.3) is 0 Å². The second-order valence-electron chi connectivity index (χ2n) is 15.0. The number of ether oxygens (including phenoxy) is 1. The summed E-state index contributed by atoms with van der Waals surface area (Å²) in [6, 6.07) is -2.47. The van der Waals surface area contributed by atoms with E-state index in [1.807, 2.05) is 41.5 Å². The van der Waals surface area contributed by atoms with E-state index in [9.17, 15) is 38.7 Å². The number of aliphatic carboxylic acids is 3. The molecule has 0 unspecified atom stereocenters. The third-order valence-electron chi connectivity index (χ3n) is 8.46. The average molecular weight is 699 g/mol. The van der Waals surface area contributed by atoms with Gasteiger partial charge in [-0.2, -0.15) is 0 Å². The van der Waals surface area contributed by atoms with Crippen LogP contribution in [0.1, 0.15) is 112 Å². The Kier molecular flexibility index (Phi) is 18.3. The lowest BCUT2D eigenvalue weighted by atomic mass is 9.71. The van der Waals surface area contributed by atoms with Crippen LogP contribution in [0.3, 0.4) is 0 Å². The molecule has 0 bridgehead atoms. The van der Waals surface area contributed by atoms with Crippen LogP contribution in [0.15, 0.2) is 0 Å². The van der Waals surface area contributed by atoms with E-state index in [-0.39, 0.29) is 75.0 Å². The molecular weight excluding hydrogens is 640 g/mol. The van der Waals surface area contributed by atoms with Gasteiger partial charge in [-0.05, 0) is 75.5 Å². The molecule has 0 radical (unpaired) electrons. The number of hydrogen-bond acceptors (Lipinski definition) is 8. The van der Waals surface area contributed by atoms with Crippen molar-refractivity contribution >= 4 is 41.5 Å².